The van der Waals surface area contributed by atoms with Crippen LogP contribution in [0.4, 0.5) is 23.1 Å². The molecule has 6 nitrogen and oxygen atoms in total. The molecule has 0 aliphatic rings. The van der Waals surface area contributed by atoms with Crippen molar-refractivity contribution in [2.45, 2.75) is 27.2 Å². The van der Waals surface area contributed by atoms with Gasteiger partial charge in [-0.15, -0.1) is 0 Å². The molecule has 0 amide bonds. The first-order valence-electron chi connectivity index (χ1n) is 9.16. The minimum atomic E-state index is -0.378. The van der Waals surface area contributed by atoms with Crippen LogP contribution < -0.4 is 10.6 Å². The quantitative estimate of drug-likeness (QED) is 0.594. The molecule has 0 atom stereocenters. The van der Waals surface area contributed by atoms with Gasteiger partial charge in [0.25, 0.3) is 0 Å². The van der Waals surface area contributed by atoms with Crippen LogP contribution in [0.2, 0.25) is 0 Å². The molecule has 0 aliphatic heterocycles. The van der Waals surface area contributed by atoms with Gasteiger partial charge in [0.2, 0.25) is 5.95 Å². The van der Waals surface area contributed by atoms with E-state index in [1.54, 1.807) is 18.2 Å². The first kappa shape index (κ1) is 19.4. The molecule has 6 heteroatoms. The minimum absolute atomic E-state index is 0.378. The van der Waals surface area contributed by atoms with Crippen molar-refractivity contribution in [3.63, 3.8) is 0 Å². The summed E-state index contributed by atoms with van der Waals surface area (Å²) in [5, 5.41) is 6.60. The summed E-state index contributed by atoms with van der Waals surface area (Å²) < 4.78 is 4.78. The Morgan fingerprint density at radius 2 is 1.82 bits per heavy atom. The number of hydrogen-bond donors (Lipinski definition) is 2. The number of nitrogens with zero attached hydrogens (tertiary/aromatic N) is 2. The van der Waals surface area contributed by atoms with Gasteiger partial charge in [0.1, 0.15) is 5.82 Å². The summed E-state index contributed by atoms with van der Waals surface area (Å²) in [6, 6.07) is 15.2. The van der Waals surface area contributed by atoms with E-state index in [1.165, 1.54) is 12.7 Å². The molecule has 0 aliphatic carbocycles. The van der Waals surface area contributed by atoms with E-state index in [2.05, 4.69) is 52.6 Å². The Hall–Kier alpha value is -3.41. The van der Waals surface area contributed by atoms with E-state index in [4.69, 9.17) is 4.74 Å². The van der Waals surface area contributed by atoms with Gasteiger partial charge in [0.15, 0.2) is 0 Å². The molecule has 0 saturated carbocycles. The molecular formula is C22H24N4O2. The molecule has 28 heavy (non-hydrogen) atoms. The average molecular weight is 376 g/mol. The molecule has 2 aromatic carbocycles. The highest BCUT2D eigenvalue weighted by molar-refractivity contribution is 5.90. The molecule has 3 rings (SSSR count). The number of aryl methyl sites for hydroxylation is 3. The zero-order valence-corrected chi connectivity index (χ0v) is 16.5. The summed E-state index contributed by atoms with van der Waals surface area (Å²) in [6.45, 7) is 6.11. The lowest BCUT2D eigenvalue weighted by molar-refractivity contribution is 0.0601. The minimum Gasteiger partial charge on any atom is -0.465 e. The van der Waals surface area contributed by atoms with E-state index >= 15 is 0 Å². The summed E-state index contributed by atoms with van der Waals surface area (Å²) in [5.41, 5.74) is 5.45. The number of hydrogen-bond acceptors (Lipinski definition) is 6. The van der Waals surface area contributed by atoms with Gasteiger partial charge in [-0.1, -0.05) is 31.2 Å². The van der Waals surface area contributed by atoms with Crippen LogP contribution in [-0.2, 0) is 11.2 Å². The normalized spacial score (nSPS) is 10.4. The van der Waals surface area contributed by atoms with Crippen LogP contribution in [0.15, 0.2) is 48.5 Å². The number of aromatic nitrogens is 2. The third-order valence-corrected chi connectivity index (χ3v) is 4.39. The zero-order chi connectivity index (χ0) is 20.1. The molecule has 0 unspecified atom stereocenters. The van der Waals surface area contributed by atoms with Crippen LogP contribution in [0.1, 0.15) is 34.1 Å². The molecule has 1 heterocycles. The second-order valence-electron chi connectivity index (χ2n) is 6.50. The number of carbonyl (C=O) groups excluding carboxylic acids is 1. The maximum Gasteiger partial charge on any atom is 0.337 e. The molecule has 1 aromatic heterocycles. The second kappa shape index (κ2) is 8.52. The molecule has 0 bridgehead atoms. The SMILES string of the molecule is CCc1cccc(C)c1Nc1nc(C)cc(Nc2cccc(C(=O)OC)c2)n1. The van der Waals surface area contributed by atoms with Crippen molar-refractivity contribution in [2.75, 3.05) is 17.7 Å². The fraction of sp³-hybridized carbons (Fsp3) is 0.227. The van der Waals surface area contributed by atoms with Gasteiger partial charge in [-0.05, 0) is 49.6 Å². The number of benzene rings is 2. The topological polar surface area (TPSA) is 76.1 Å². The van der Waals surface area contributed by atoms with E-state index in [0.29, 0.717) is 17.3 Å². The summed E-state index contributed by atoms with van der Waals surface area (Å²) in [7, 11) is 1.37. The smallest absolute Gasteiger partial charge is 0.337 e. The number of carbonyl (C=O) groups is 1. The van der Waals surface area contributed by atoms with Crippen molar-refractivity contribution in [2.24, 2.45) is 0 Å². The van der Waals surface area contributed by atoms with Crippen LogP contribution in [0.5, 0.6) is 0 Å². The summed E-state index contributed by atoms with van der Waals surface area (Å²) in [6.07, 6.45) is 0.918. The maximum absolute atomic E-state index is 11.7. The first-order valence-corrected chi connectivity index (χ1v) is 9.16. The lowest BCUT2D eigenvalue weighted by Gasteiger charge is -2.14. The number of anilines is 4. The van der Waals surface area contributed by atoms with Crippen LogP contribution in [0, 0.1) is 13.8 Å². The fourth-order valence-corrected chi connectivity index (χ4v) is 2.99. The van der Waals surface area contributed by atoms with Crippen LogP contribution in [0.3, 0.4) is 0 Å². The number of rotatable bonds is 6. The van der Waals surface area contributed by atoms with E-state index in [9.17, 15) is 4.79 Å². The van der Waals surface area contributed by atoms with Crippen LogP contribution >= 0.6 is 0 Å². The summed E-state index contributed by atoms with van der Waals surface area (Å²) >= 11 is 0. The highest BCUT2D eigenvalue weighted by atomic mass is 16.5. The predicted octanol–water partition coefficient (Wildman–Crippen LogP) is 4.93. The number of esters is 1. The van der Waals surface area contributed by atoms with E-state index in [1.807, 2.05) is 19.1 Å². The Balaban J connectivity index is 1.88. The Bertz CT molecular complexity index is 1000. The van der Waals surface area contributed by atoms with Gasteiger partial charge >= 0.3 is 5.97 Å². The highest BCUT2D eigenvalue weighted by Crippen LogP contribution is 2.25. The van der Waals surface area contributed by atoms with Crippen LogP contribution in [-0.4, -0.2) is 23.0 Å². The molecule has 3 aromatic rings. The lowest BCUT2D eigenvalue weighted by atomic mass is 10.1. The summed E-state index contributed by atoms with van der Waals surface area (Å²) in [4.78, 5) is 20.8. The Labute approximate surface area is 165 Å². The van der Waals surface area contributed by atoms with Crippen molar-refractivity contribution in [3.05, 3.63) is 70.9 Å². The molecule has 2 N–H and O–H groups in total. The van der Waals surface area contributed by atoms with Crippen molar-refractivity contribution in [1.29, 1.82) is 0 Å². The lowest BCUT2D eigenvalue weighted by Crippen LogP contribution is -2.05. The average Bonchev–Trinajstić information content (AvgIpc) is 2.68. The van der Waals surface area contributed by atoms with Gasteiger partial charge in [-0.3, -0.25) is 0 Å². The third-order valence-electron chi connectivity index (χ3n) is 4.39. The predicted molar refractivity (Wildman–Crippen MR) is 112 cm³/mol. The van der Waals surface area contributed by atoms with Crippen molar-refractivity contribution >= 4 is 29.1 Å². The van der Waals surface area contributed by atoms with Gasteiger partial charge in [-0.25, -0.2) is 9.78 Å². The Morgan fingerprint density at radius 3 is 2.57 bits per heavy atom. The summed E-state index contributed by atoms with van der Waals surface area (Å²) in [5.74, 6) is 0.788. The van der Waals surface area contributed by atoms with Gasteiger partial charge < -0.3 is 15.4 Å². The fourth-order valence-electron chi connectivity index (χ4n) is 2.99. The van der Waals surface area contributed by atoms with E-state index < -0.39 is 0 Å². The van der Waals surface area contributed by atoms with Gasteiger partial charge in [-0.2, -0.15) is 4.98 Å². The molecule has 0 radical (unpaired) electrons. The van der Waals surface area contributed by atoms with Crippen molar-refractivity contribution < 1.29 is 9.53 Å². The number of ether oxygens (including phenoxy) is 1. The largest absolute Gasteiger partial charge is 0.465 e. The monoisotopic (exact) mass is 376 g/mol. The first-order chi connectivity index (χ1) is 13.5. The van der Waals surface area contributed by atoms with Crippen molar-refractivity contribution in [3.8, 4) is 0 Å². The molecular weight excluding hydrogens is 352 g/mol. The molecule has 144 valence electrons. The maximum atomic E-state index is 11.7. The second-order valence-corrected chi connectivity index (χ2v) is 6.50. The van der Waals surface area contributed by atoms with Gasteiger partial charge in [0, 0.05) is 23.1 Å². The number of methoxy groups -OCH3 is 1. The van der Waals surface area contributed by atoms with Crippen molar-refractivity contribution in [1.82, 2.24) is 9.97 Å². The Morgan fingerprint density at radius 1 is 1.04 bits per heavy atom. The molecule has 0 saturated heterocycles. The number of para-hydroxylation sites is 1. The third kappa shape index (κ3) is 4.46. The molecule has 0 spiro atoms. The molecule has 0 fully saturated rings. The van der Waals surface area contributed by atoms with Crippen LogP contribution in [0.25, 0.3) is 0 Å². The number of nitrogens with one attached hydrogen (secondary N) is 2. The van der Waals surface area contributed by atoms with Gasteiger partial charge in [0.05, 0.1) is 12.7 Å². The standard InChI is InChI=1S/C22H24N4O2/c1-5-16-9-6-8-14(2)20(16)26-22-23-15(3)12-19(25-22)24-18-11-7-10-17(13-18)21(27)28-4/h6-13H,5H2,1-4H3,(H2,23,24,25,26). The zero-order valence-electron chi connectivity index (χ0n) is 16.5. The Kier molecular flexibility index (Phi) is 5.89. The highest BCUT2D eigenvalue weighted by Gasteiger charge is 2.10. The van der Waals surface area contributed by atoms with E-state index in [0.717, 1.165) is 29.1 Å². The van der Waals surface area contributed by atoms with E-state index in [-0.39, 0.29) is 5.97 Å².